The number of rotatable bonds is 4. The van der Waals surface area contributed by atoms with Crippen molar-refractivity contribution < 1.29 is 9.21 Å². The van der Waals surface area contributed by atoms with Crippen molar-refractivity contribution in [2.75, 3.05) is 26.2 Å². The molecule has 1 aliphatic rings. The lowest BCUT2D eigenvalue weighted by molar-refractivity contribution is 0.0596. The molecule has 0 spiro atoms. The number of aryl methyl sites for hydroxylation is 1. The molecular weight excluding hydrogens is 302 g/mol. The molecule has 24 heavy (non-hydrogen) atoms. The molecule has 1 aromatic heterocycles. The van der Waals surface area contributed by atoms with E-state index < -0.39 is 0 Å². The summed E-state index contributed by atoms with van der Waals surface area (Å²) in [6.45, 7) is 5.94. The summed E-state index contributed by atoms with van der Waals surface area (Å²) < 4.78 is 5.56. The Labute approximate surface area is 142 Å². The third-order valence-electron chi connectivity index (χ3n) is 4.37. The summed E-state index contributed by atoms with van der Waals surface area (Å²) in [4.78, 5) is 16.6. The molecule has 1 saturated heterocycles. The lowest BCUT2D eigenvalue weighted by atomic mass is 10.1. The Morgan fingerprint density at radius 2 is 1.83 bits per heavy atom. The first-order valence-electron chi connectivity index (χ1n) is 8.29. The van der Waals surface area contributed by atoms with Crippen molar-refractivity contribution in [1.82, 2.24) is 9.80 Å². The van der Waals surface area contributed by atoms with Gasteiger partial charge in [0.1, 0.15) is 5.76 Å². The smallest absolute Gasteiger partial charge is 0.289 e. The van der Waals surface area contributed by atoms with Crippen molar-refractivity contribution in [3.05, 3.63) is 59.0 Å². The highest BCUT2D eigenvalue weighted by Gasteiger charge is 2.24. The first-order valence-corrected chi connectivity index (χ1v) is 8.29. The van der Waals surface area contributed by atoms with Crippen LogP contribution in [0.15, 0.2) is 40.8 Å². The number of piperazine rings is 1. The first-order chi connectivity index (χ1) is 11.7. The lowest BCUT2D eigenvalue weighted by Gasteiger charge is -2.34. The van der Waals surface area contributed by atoms with Crippen molar-refractivity contribution >= 4 is 5.91 Å². The van der Waals surface area contributed by atoms with Gasteiger partial charge in [-0.25, -0.2) is 0 Å². The summed E-state index contributed by atoms with van der Waals surface area (Å²) >= 11 is 0. The summed E-state index contributed by atoms with van der Waals surface area (Å²) in [5.74, 6) is 1.26. The van der Waals surface area contributed by atoms with Crippen LogP contribution < -0.4 is 0 Å². The minimum Gasteiger partial charge on any atom is -0.456 e. The predicted octanol–water partition coefficient (Wildman–Crippen LogP) is 2.67. The minimum absolute atomic E-state index is 0.0206. The average molecular weight is 323 g/mol. The highest BCUT2D eigenvalue weighted by molar-refractivity contribution is 5.91. The molecule has 2 heterocycles. The number of carbonyl (C=O) groups is 1. The zero-order chi connectivity index (χ0) is 16.9. The Morgan fingerprint density at radius 1 is 1.12 bits per heavy atom. The van der Waals surface area contributed by atoms with Gasteiger partial charge >= 0.3 is 0 Å². The van der Waals surface area contributed by atoms with Gasteiger partial charge in [0.2, 0.25) is 0 Å². The number of benzene rings is 1. The van der Waals surface area contributed by atoms with Gasteiger partial charge in [-0.1, -0.05) is 19.1 Å². The van der Waals surface area contributed by atoms with E-state index in [4.69, 9.17) is 9.68 Å². The Kier molecular flexibility index (Phi) is 4.97. The molecule has 1 amide bonds. The molecule has 0 radical (unpaired) electrons. The molecule has 3 rings (SSSR count). The molecule has 0 saturated carbocycles. The fourth-order valence-electron chi connectivity index (χ4n) is 2.89. The van der Waals surface area contributed by atoms with Crippen molar-refractivity contribution in [2.24, 2.45) is 0 Å². The van der Waals surface area contributed by atoms with Gasteiger partial charge in [0, 0.05) is 39.1 Å². The van der Waals surface area contributed by atoms with Crippen LogP contribution in [-0.4, -0.2) is 41.9 Å². The van der Waals surface area contributed by atoms with Gasteiger partial charge in [0.25, 0.3) is 5.91 Å². The number of nitriles is 1. The van der Waals surface area contributed by atoms with Crippen molar-refractivity contribution in [1.29, 1.82) is 5.26 Å². The standard InChI is InChI=1S/C19H21N3O2/c1-2-17-7-8-18(24-17)19(23)22-11-9-21(10-12-22)14-16-5-3-15(13-20)4-6-16/h3-8H,2,9-12,14H2,1H3. The summed E-state index contributed by atoms with van der Waals surface area (Å²) in [7, 11) is 0. The quantitative estimate of drug-likeness (QED) is 0.868. The van der Waals surface area contributed by atoms with Crippen LogP contribution in [0.5, 0.6) is 0 Å². The molecule has 0 aliphatic carbocycles. The number of hydrogen-bond donors (Lipinski definition) is 0. The van der Waals surface area contributed by atoms with Crippen LogP contribution in [0.3, 0.4) is 0 Å². The molecule has 2 aromatic rings. The Hall–Kier alpha value is -2.58. The maximum absolute atomic E-state index is 12.4. The zero-order valence-electron chi connectivity index (χ0n) is 13.9. The number of nitrogens with zero attached hydrogens (tertiary/aromatic N) is 3. The topological polar surface area (TPSA) is 60.5 Å². The molecule has 0 atom stereocenters. The highest BCUT2D eigenvalue weighted by Crippen LogP contribution is 2.14. The van der Waals surface area contributed by atoms with Crippen LogP contribution in [0.2, 0.25) is 0 Å². The second-order valence-electron chi connectivity index (χ2n) is 6.00. The fraction of sp³-hybridized carbons (Fsp3) is 0.368. The van der Waals surface area contributed by atoms with Gasteiger partial charge < -0.3 is 9.32 Å². The van der Waals surface area contributed by atoms with E-state index in [9.17, 15) is 4.79 Å². The third kappa shape index (κ3) is 3.66. The van der Waals surface area contributed by atoms with Gasteiger partial charge in [-0.3, -0.25) is 9.69 Å². The average Bonchev–Trinajstić information content (AvgIpc) is 3.11. The first kappa shape index (κ1) is 16.3. The molecular formula is C19H21N3O2. The molecule has 1 fully saturated rings. The van der Waals surface area contributed by atoms with Crippen LogP contribution in [-0.2, 0) is 13.0 Å². The van der Waals surface area contributed by atoms with E-state index >= 15 is 0 Å². The Balaban J connectivity index is 1.53. The lowest BCUT2D eigenvalue weighted by Crippen LogP contribution is -2.48. The fourth-order valence-corrected chi connectivity index (χ4v) is 2.89. The normalized spacial score (nSPS) is 15.2. The summed E-state index contributed by atoms with van der Waals surface area (Å²) in [6.07, 6.45) is 0.797. The Morgan fingerprint density at radius 3 is 2.42 bits per heavy atom. The molecule has 5 heteroatoms. The third-order valence-corrected chi connectivity index (χ3v) is 4.37. The second-order valence-corrected chi connectivity index (χ2v) is 6.00. The van der Waals surface area contributed by atoms with Crippen molar-refractivity contribution in [3.63, 3.8) is 0 Å². The van der Waals surface area contributed by atoms with Gasteiger partial charge in [-0.2, -0.15) is 5.26 Å². The van der Waals surface area contributed by atoms with Crippen LogP contribution in [0.25, 0.3) is 0 Å². The van der Waals surface area contributed by atoms with Crippen molar-refractivity contribution in [2.45, 2.75) is 19.9 Å². The van der Waals surface area contributed by atoms with E-state index in [0.29, 0.717) is 24.4 Å². The van der Waals surface area contributed by atoms with Gasteiger partial charge in [0.05, 0.1) is 11.6 Å². The molecule has 5 nitrogen and oxygen atoms in total. The summed E-state index contributed by atoms with van der Waals surface area (Å²) in [6, 6.07) is 13.4. The summed E-state index contributed by atoms with van der Waals surface area (Å²) in [5.41, 5.74) is 1.87. The molecule has 124 valence electrons. The SMILES string of the molecule is CCc1ccc(C(=O)N2CCN(Cc3ccc(C#N)cc3)CC2)o1. The molecule has 0 N–H and O–H groups in total. The van der Waals surface area contributed by atoms with E-state index in [1.807, 2.05) is 42.2 Å². The van der Waals surface area contributed by atoms with E-state index in [1.165, 1.54) is 5.56 Å². The number of furan rings is 1. The van der Waals surface area contributed by atoms with Crippen LogP contribution in [0, 0.1) is 11.3 Å². The van der Waals surface area contributed by atoms with E-state index in [2.05, 4.69) is 11.0 Å². The van der Waals surface area contributed by atoms with E-state index in [-0.39, 0.29) is 5.91 Å². The molecule has 0 unspecified atom stereocenters. The van der Waals surface area contributed by atoms with Gasteiger partial charge in [0.15, 0.2) is 5.76 Å². The van der Waals surface area contributed by atoms with Crippen LogP contribution >= 0.6 is 0 Å². The minimum atomic E-state index is -0.0206. The number of hydrogen-bond acceptors (Lipinski definition) is 4. The zero-order valence-corrected chi connectivity index (χ0v) is 13.9. The van der Waals surface area contributed by atoms with Gasteiger partial charge in [-0.05, 0) is 29.8 Å². The monoisotopic (exact) mass is 323 g/mol. The van der Waals surface area contributed by atoms with Crippen LogP contribution in [0.4, 0.5) is 0 Å². The van der Waals surface area contributed by atoms with Crippen LogP contribution in [0.1, 0.15) is 34.4 Å². The maximum Gasteiger partial charge on any atom is 0.289 e. The Bertz CT molecular complexity index is 735. The maximum atomic E-state index is 12.4. The second kappa shape index (κ2) is 7.33. The predicted molar refractivity (Wildman–Crippen MR) is 90.4 cm³/mol. The number of carbonyl (C=O) groups excluding carboxylic acids is 1. The molecule has 0 bridgehead atoms. The molecule has 1 aliphatic heterocycles. The summed E-state index contributed by atoms with van der Waals surface area (Å²) in [5, 5.41) is 8.84. The number of amides is 1. The van der Waals surface area contributed by atoms with E-state index in [1.54, 1.807) is 6.07 Å². The molecule has 1 aromatic carbocycles. The largest absolute Gasteiger partial charge is 0.456 e. The van der Waals surface area contributed by atoms with Gasteiger partial charge in [-0.15, -0.1) is 0 Å². The van der Waals surface area contributed by atoms with Crippen molar-refractivity contribution in [3.8, 4) is 6.07 Å². The van der Waals surface area contributed by atoms with E-state index in [0.717, 1.165) is 31.8 Å². The highest BCUT2D eigenvalue weighted by atomic mass is 16.4.